The van der Waals surface area contributed by atoms with Crippen LogP contribution in [0.2, 0.25) is 0 Å². The minimum Gasteiger partial charge on any atom is -0.508 e. The number of hydrazone groups is 1. The number of carbonyl (C=O) groups is 4. The number of nitrogens with zero attached hydrogens (tertiary/aromatic N) is 3. The van der Waals surface area contributed by atoms with E-state index < -0.39 is 53.8 Å². The van der Waals surface area contributed by atoms with Gasteiger partial charge >= 0.3 is 0 Å². The van der Waals surface area contributed by atoms with Crippen molar-refractivity contribution in [2.24, 2.45) is 10.5 Å². The molecule has 3 heterocycles. The summed E-state index contributed by atoms with van der Waals surface area (Å²) in [5.74, 6) is -1.17. The molecule has 8 rings (SSSR count). The molecule has 1 fully saturated rings. The fourth-order valence-electron chi connectivity index (χ4n) is 8.25. The van der Waals surface area contributed by atoms with Gasteiger partial charge in [-0.2, -0.15) is 5.10 Å². The standard InChI is InChI=1S/C53H52N6O8S2/c1-30(33-11-13-34(14-12-33)47-31(2)54-29-68-47)56-51(65)43-24-40(62)27-59(43)52(66)49(53(3,4)5)57-45(63)28-67-41-20-9-32(10-21-41)26-55-58-50(64)37-8-6-7-36(23-37)46-42-22-19-39(61)25-44(42)69-48(46)35-15-17-38(60)18-16-35/h6-23,25-26,29-30,40,43,49,60-62H,24,27-28H2,1-5H3,(H,56,65)(H,57,63)(H,58,64)/b55-26+/t30-,40+,43-,49+/m0/s1. The first kappa shape index (κ1) is 48.1. The number of carbonyl (C=O) groups excluding carboxylic acids is 4. The largest absolute Gasteiger partial charge is 0.508 e. The number of aromatic nitrogens is 1. The lowest BCUT2D eigenvalue weighted by Crippen LogP contribution is -2.58. The first-order valence-electron chi connectivity index (χ1n) is 22.3. The number of nitrogens with one attached hydrogen (secondary N) is 3. The number of phenolic OH excluding ortho intramolecular Hbond substituents is 2. The average molecular weight is 965 g/mol. The van der Waals surface area contributed by atoms with Crippen molar-refractivity contribution in [3.05, 3.63) is 143 Å². The molecule has 14 nitrogen and oxygen atoms in total. The highest BCUT2D eigenvalue weighted by molar-refractivity contribution is 7.23. The summed E-state index contributed by atoms with van der Waals surface area (Å²) >= 11 is 3.07. The van der Waals surface area contributed by atoms with E-state index in [-0.39, 0.29) is 30.5 Å². The van der Waals surface area contributed by atoms with Crippen LogP contribution in [0.3, 0.4) is 0 Å². The van der Waals surface area contributed by atoms with Crippen molar-refractivity contribution in [2.75, 3.05) is 13.2 Å². The summed E-state index contributed by atoms with van der Waals surface area (Å²) in [6, 6.07) is 31.5. The molecular formula is C53H52N6O8S2. The number of aliphatic hydroxyl groups is 1. The van der Waals surface area contributed by atoms with Crippen molar-refractivity contribution in [1.29, 1.82) is 0 Å². The Balaban J connectivity index is 0.851. The lowest BCUT2D eigenvalue weighted by Gasteiger charge is -2.35. The van der Waals surface area contributed by atoms with Gasteiger partial charge in [0, 0.05) is 39.1 Å². The van der Waals surface area contributed by atoms with Crippen LogP contribution in [0, 0.1) is 12.3 Å². The van der Waals surface area contributed by atoms with E-state index in [1.807, 2.05) is 83.1 Å². The summed E-state index contributed by atoms with van der Waals surface area (Å²) in [7, 11) is 0. The highest BCUT2D eigenvalue weighted by Gasteiger charge is 2.44. The number of benzene rings is 5. The number of ether oxygens (including phenoxy) is 1. The maximum Gasteiger partial charge on any atom is 0.271 e. The van der Waals surface area contributed by atoms with E-state index in [2.05, 4.69) is 26.1 Å². The van der Waals surface area contributed by atoms with Gasteiger partial charge in [0.2, 0.25) is 11.8 Å². The third-order valence-electron chi connectivity index (χ3n) is 11.9. The van der Waals surface area contributed by atoms with Crippen LogP contribution in [0.5, 0.6) is 17.2 Å². The molecule has 0 bridgehead atoms. The molecule has 354 valence electrons. The van der Waals surface area contributed by atoms with Gasteiger partial charge in [-0.05, 0) is 126 Å². The fraction of sp³-hybridized carbons (Fsp3) is 0.245. The van der Waals surface area contributed by atoms with Gasteiger partial charge in [0.05, 0.1) is 34.4 Å². The monoisotopic (exact) mass is 964 g/mol. The molecule has 0 radical (unpaired) electrons. The van der Waals surface area contributed by atoms with Crippen LogP contribution in [0.1, 0.15) is 67.3 Å². The van der Waals surface area contributed by atoms with Crippen molar-refractivity contribution in [3.8, 4) is 49.3 Å². The number of aryl methyl sites for hydroxylation is 1. The van der Waals surface area contributed by atoms with Crippen LogP contribution in [-0.2, 0) is 14.4 Å². The van der Waals surface area contributed by atoms with Crippen molar-refractivity contribution < 1.29 is 39.2 Å². The van der Waals surface area contributed by atoms with Gasteiger partial charge in [0.15, 0.2) is 6.61 Å². The summed E-state index contributed by atoms with van der Waals surface area (Å²) in [6.07, 6.45) is 0.632. The number of β-amino-alcohol motifs (C(OH)–C–C–N with tert-alkyl or cyclic N) is 1. The van der Waals surface area contributed by atoms with Crippen LogP contribution >= 0.6 is 22.7 Å². The van der Waals surface area contributed by atoms with Crippen LogP contribution in [-0.4, -0.2) is 86.4 Å². The molecule has 1 aliphatic rings. The van der Waals surface area contributed by atoms with Crippen molar-refractivity contribution in [2.45, 2.75) is 65.3 Å². The summed E-state index contributed by atoms with van der Waals surface area (Å²) in [6.45, 7) is 8.82. The van der Waals surface area contributed by atoms with E-state index in [1.54, 1.807) is 83.6 Å². The molecule has 0 spiro atoms. The van der Waals surface area contributed by atoms with Gasteiger partial charge in [0.1, 0.15) is 29.3 Å². The minimum absolute atomic E-state index is 0.0516. The minimum atomic E-state index is -1.03. The molecule has 2 aromatic heterocycles. The van der Waals surface area contributed by atoms with Gasteiger partial charge in [-0.15, -0.1) is 22.7 Å². The third kappa shape index (κ3) is 11.2. The number of rotatable bonds is 14. The number of aromatic hydroxyl groups is 2. The highest BCUT2D eigenvalue weighted by Crippen LogP contribution is 2.46. The van der Waals surface area contributed by atoms with Gasteiger partial charge in [-0.25, -0.2) is 10.4 Å². The predicted octanol–water partition coefficient (Wildman–Crippen LogP) is 8.59. The zero-order chi connectivity index (χ0) is 49.0. The maximum absolute atomic E-state index is 14.2. The van der Waals surface area contributed by atoms with Gasteiger partial charge in [-0.1, -0.05) is 57.2 Å². The fourth-order valence-corrected chi connectivity index (χ4v) is 10.3. The topological polar surface area (TPSA) is 203 Å². The summed E-state index contributed by atoms with van der Waals surface area (Å²) in [5.41, 5.74) is 10.1. The van der Waals surface area contributed by atoms with Gasteiger partial charge < -0.3 is 35.6 Å². The zero-order valence-corrected chi connectivity index (χ0v) is 40.2. The lowest BCUT2D eigenvalue weighted by molar-refractivity contribution is -0.144. The second-order valence-corrected chi connectivity index (χ2v) is 20.0. The SMILES string of the molecule is Cc1ncsc1-c1ccc([C@H](C)NC(=O)[C@@H]2C[C@@H](O)CN2C(=O)[C@@H](NC(=O)COc2ccc(/C=N/NC(=O)c3cccc(-c4c(-c5ccc(O)cc5)sc5cc(O)ccc45)c3)cc2)C(C)(C)C)cc1. The Kier molecular flexibility index (Phi) is 14.2. The molecule has 69 heavy (non-hydrogen) atoms. The number of thiazole rings is 1. The van der Waals surface area contributed by atoms with Crippen molar-refractivity contribution in [1.82, 2.24) is 25.9 Å². The molecule has 0 saturated carbocycles. The molecular weight excluding hydrogens is 913 g/mol. The Hall–Kier alpha value is -7.40. The number of aliphatic hydroxyl groups excluding tert-OH is 1. The molecule has 6 N–H and O–H groups in total. The second-order valence-electron chi connectivity index (χ2n) is 18.1. The highest BCUT2D eigenvalue weighted by atomic mass is 32.1. The van der Waals surface area contributed by atoms with Gasteiger partial charge in [-0.3, -0.25) is 19.2 Å². The Morgan fingerprint density at radius 1 is 0.870 bits per heavy atom. The summed E-state index contributed by atoms with van der Waals surface area (Å²) < 4.78 is 6.65. The van der Waals surface area contributed by atoms with Crippen molar-refractivity contribution >= 4 is 62.6 Å². The predicted molar refractivity (Wildman–Crippen MR) is 269 cm³/mol. The molecule has 0 unspecified atom stereocenters. The maximum atomic E-state index is 14.2. The molecule has 1 saturated heterocycles. The smallest absolute Gasteiger partial charge is 0.271 e. The Labute approximate surface area is 407 Å². The third-order valence-corrected chi connectivity index (χ3v) is 14.1. The molecule has 7 aromatic rings. The first-order valence-corrected chi connectivity index (χ1v) is 24.0. The molecule has 4 atom stereocenters. The lowest BCUT2D eigenvalue weighted by atomic mass is 9.85. The molecule has 0 aliphatic carbocycles. The average Bonchev–Trinajstić information content (AvgIpc) is 4.06. The van der Waals surface area contributed by atoms with E-state index in [4.69, 9.17) is 4.74 Å². The zero-order valence-electron chi connectivity index (χ0n) is 38.6. The first-order chi connectivity index (χ1) is 33.0. The molecule has 1 aliphatic heterocycles. The number of phenols is 2. The van der Waals surface area contributed by atoms with Crippen LogP contribution < -0.4 is 20.8 Å². The number of hydrogen-bond donors (Lipinski definition) is 6. The molecule has 5 aromatic carbocycles. The normalized spacial score (nSPS) is 15.8. The Morgan fingerprint density at radius 3 is 2.26 bits per heavy atom. The number of fused-ring (bicyclic) bond motifs is 1. The Bertz CT molecular complexity index is 3030. The number of likely N-dealkylation sites (tertiary alicyclic amines) is 1. The van der Waals surface area contributed by atoms with Crippen LogP contribution in [0.25, 0.3) is 42.1 Å². The quantitative estimate of drug-likeness (QED) is 0.0456. The van der Waals surface area contributed by atoms with E-state index in [9.17, 15) is 34.5 Å². The van der Waals surface area contributed by atoms with E-state index in [0.717, 1.165) is 53.4 Å². The van der Waals surface area contributed by atoms with Gasteiger partial charge in [0.25, 0.3) is 11.8 Å². The summed E-state index contributed by atoms with van der Waals surface area (Å²) in [5, 5.41) is 41.6. The van der Waals surface area contributed by atoms with Crippen LogP contribution in [0.15, 0.2) is 126 Å². The van der Waals surface area contributed by atoms with Crippen molar-refractivity contribution in [3.63, 3.8) is 0 Å². The van der Waals surface area contributed by atoms with E-state index in [1.165, 1.54) is 22.5 Å². The Morgan fingerprint density at radius 2 is 1.57 bits per heavy atom. The number of thiophene rings is 1. The van der Waals surface area contributed by atoms with E-state index in [0.29, 0.717) is 16.9 Å². The number of amides is 4. The molecule has 4 amide bonds. The molecule has 16 heteroatoms. The summed E-state index contributed by atoms with van der Waals surface area (Å²) in [4.78, 5) is 62.2. The van der Waals surface area contributed by atoms with E-state index >= 15 is 0 Å². The number of hydrogen-bond acceptors (Lipinski definition) is 12. The second kappa shape index (κ2) is 20.4. The van der Waals surface area contributed by atoms with Crippen LogP contribution in [0.4, 0.5) is 0 Å².